The van der Waals surface area contributed by atoms with Gasteiger partial charge >= 0.3 is 0 Å². The molecule has 1 aromatic heterocycles. The van der Waals surface area contributed by atoms with E-state index in [1.807, 2.05) is 12.3 Å². The third kappa shape index (κ3) is 6.27. The molecule has 2 rings (SSSR count). The third-order valence-electron chi connectivity index (χ3n) is 3.63. The van der Waals surface area contributed by atoms with E-state index < -0.39 is 0 Å². The van der Waals surface area contributed by atoms with Crippen molar-refractivity contribution in [3.8, 4) is 0 Å². The lowest BCUT2D eigenvalue weighted by Crippen LogP contribution is -2.38. The van der Waals surface area contributed by atoms with E-state index >= 15 is 0 Å². The second-order valence-electron chi connectivity index (χ2n) is 5.93. The molecule has 0 radical (unpaired) electrons. The minimum atomic E-state index is -0.280. The zero-order valence-electron chi connectivity index (χ0n) is 14.7. The number of benzene rings is 1. The lowest BCUT2D eigenvalue weighted by atomic mass is 10.1. The molecule has 1 heterocycles. The number of thiazole rings is 1. The van der Waals surface area contributed by atoms with E-state index in [2.05, 4.69) is 17.2 Å². The van der Waals surface area contributed by atoms with Crippen LogP contribution in [0.25, 0.3) is 0 Å². The van der Waals surface area contributed by atoms with Crippen molar-refractivity contribution >= 4 is 51.5 Å². The van der Waals surface area contributed by atoms with E-state index in [0.717, 1.165) is 25.0 Å². The number of hydrogen-bond acceptors (Lipinski definition) is 4. The molecule has 0 bridgehead atoms. The highest BCUT2D eigenvalue weighted by Gasteiger charge is 2.20. The van der Waals surface area contributed by atoms with Gasteiger partial charge in [0.1, 0.15) is 6.54 Å². The Hall–Kier alpha value is -1.63. The molecule has 0 fully saturated rings. The molecular weight excluding hydrogens is 393 g/mol. The molecule has 8 heteroatoms. The van der Waals surface area contributed by atoms with Crippen LogP contribution in [0.4, 0.5) is 5.13 Å². The maximum atomic E-state index is 12.9. The summed E-state index contributed by atoms with van der Waals surface area (Å²) in [5.74, 6) is -0.548. The van der Waals surface area contributed by atoms with Gasteiger partial charge in [-0.1, -0.05) is 43.0 Å². The van der Waals surface area contributed by atoms with Gasteiger partial charge in [-0.2, -0.15) is 0 Å². The molecule has 2 aromatic rings. The zero-order valence-corrected chi connectivity index (χ0v) is 17.0. The van der Waals surface area contributed by atoms with Gasteiger partial charge in [0.25, 0.3) is 5.91 Å². The predicted octanol–water partition coefficient (Wildman–Crippen LogP) is 5.03. The van der Waals surface area contributed by atoms with E-state index in [1.165, 1.54) is 16.2 Å². The first-order valence-corrected chi connectivity index (χ1v) is 10.00. The fourth-order valence-electron chi connectivity index (χ4n) is 2.41. The van der Waals surface area contributed by atoms with Gasteiger partial charge in [0.2, 0.25) is 5.91 Å². The van der Waals surface area contributed by atoms with E-state index in [-0.39, 0.29) is 18.4 Å². The Morgan fingerprint density at radius 1 is 1.19 bits per heavy atom. The van der Waals surface area contributed by atoms with Gasteiger partial charge in [0.05, 0.1) is 5.69 Å². The highest BCUT2D eigenvalue weighted by Crippen LogP contribution is 2.21. The standard InChI is InChI=1S/C18H21Cl2N3O2S/c1-3-4-5-6-23(10-16(24)22-18-21-12(2)11-26-18)17(25)13-7-14(19)9-15(20)8-13/h7-9,11H,3-6,10H2,1-2H3,(H,21,22,24). The smallest absolute Gasteiger partial charge is 0.254 e. The number of carbonyl (C=O) groups is 2. The second-order valence-corrected chi connectivity index (χ2v) is 7.67. The van der Waals surface area contributed by atoms with Crippen LogP contribution in [0.5, 0.6) is 0 Å². The molecule has 0 saturated carbocycles. The molecule has 0 saturated heterocycles. The summed E-state index contributed by atoms with van der Waals surface area (Å²) < 4.78 is 0. The first-order chi connectivity index (χ1) is 12.4. The maximum absolute atomic E-state index is 12.9. The SMILES string of the molecule is CCCCCN(CC(=O)Nc1nc(C)cs1)C(=O)c1cc(Cl)cc(Cl)c1. The minimum absolute atomic E-state index is 0.0503. The number of nitrogens with one attached hydrogen (secondary N) is 1. The summed E-state index contributed by atoms with van der Waals surface area (Å²) in [5.41, 5.74) is 1.21. The number of carbonyl (C=O) groups excluding carboxylic acids is 2. The van der Waals surface area contributed by atoms with E-state index in [0.29, 0.717) is 27.3 Å². The number of anilines is 1. The fraction of sp³-hybridized carbons (Fsp3) is 0.389. The third-order valence-corrected chi connectivity index (χ3v) is 4.94. The summed E-state index contributed by atoms with van der Waals surface area (Å²) in [7, 11) is 0. The van der Waals surface area contributed by atoms with Crippen LogP contribution in [-0.4, -0.2) is 34.8 Å². The molecule has 0 aliphatic heterocycles. The van der Waals surface area contributed by atoms with Crippen LogP contribution in [0.1, 0.15) is 42.2 Å². The van der Waals surface area contributed by atoms with E-state index in [1.54, 1.807) is 18.2 Å². The molecular formula is C18H21Cl2N3O2S. The Morgan fingerprint density at radius 2 is 1.88 bits per heavy atom. The Kier molecular flexibility index (Phi) is 7.87. The number of hydrogen-bond donors (Lipinski definition) is 1. The van der Waals surface area contributed by atoms with Crippen molar-refractivity contribution in [2.75, 3.05) is 18.4 Å². The van der Waals surface area contributed by atoms with Gasteiger partial charge in [-0.25, -0.2) is 4.98 Å². The Bertz CT molecular complexity index is 759. The van der Waals surface area contributed by atoms with Gasteiger partial charge in [-0.3, -0.25) is 9.59 Å². The average molecular weight is 414 g/mol. The summed E-state index contributed by atoms with van der Waals surface area (Å²) in [6.45, 7) is 4.38. The highest BCUT2D eigenvalue weighted by molar-refractivity contribution is 7.13. The Morgan fingerprint density at radius 3 is 2.46 bits per heavy atom. The number of amides is 2. The van der Waals surface area contributed by atoms with Gasteiger partial charge in [0, 0.05) is 27.5 Å². The van der Waals surface area contributed by atoms with Crippen LogP contribution < -0.4 is 5.32 Å². The summed E-state index contributed by atoms with van der Waals surface area (Å²) in [6.07, 6.45) is 2.82. The number of halogens is 2. The Labute approximate surface area is 167 Å². The van der Waals surface area contributed by atoms with Crippen LogP contribution in [0.3, 0.4) is 0 Å². The lowest BCUT2D eigenvalue weighted by molar-refractivity contribution is -0.116. The first kappa shape index (κ1) is 20.7. The van der Waals surface area contributed by atoms with Crippen LogP contribution in [-0.2, 0) is 4.79 Å². The van der Waals surface area contributed by atoms with Crippen molar-refractivity contribution in [1.29, 1.82) is 0 Å². The van der Waals surface area contributed by atoms with E-state index in [4.69, 9.17) is 23.2 Å². The van der Waals surface area contributed by atoms with Crippen LogP contribution in [0, 0.1) is 6.92 Å². The number of aromatic nitrogens is 1. The molecule has 2 amide bonds. The summed E-state index contributed by atoms with van der Waals surface area (Å²) in [6, 6.07) is 4.69. The predicted molar refractivity (Wildman–Crippen MR) is 107 cm³/mol. The molecule has 0 aliphatic rings. The van der Waals surface area contributed by atoms with Crippen molar-refractivity contribution < 1.29 is 9.59 Å². The second kappa shape index (κ2) is 9.90. The molecule has 5 nitrogen and oxygen atoms in total. The lowest BCUT2D eigenvalue weighted by Gasteiger charge is -2.22. The summed E-state index contributed by atoms with van der Waals surface area (Å²) in [5, 5.41) is 5.89. The molecule has 1 aromatic carbocycles. The van der Waals surface area contributed by atoms with Crippen molar-refractivity contribution in [2.24, 2.45) is 0 Å². The Balaban J connectivity index is 2.10. The largest absolute Gasteiger partial charge is 0.329 e. The minimum Gasteiger partial charge on any atom is -0.329 e. The zero-order chi connectivity index (χ0) is 19.1. The molecule has 26 heavy (non-hydrogen) atoms. The number of rotatable bonds is 8. The molecule has 1 N–H and O–H groups in total. The van der Waals surface area contributed by atoms with Gasteiger partial charge in [-0.15, -0.1) is 11.3 Å². The fourth-order valence-corrected chi connectivity index (χ4v) is 3.64. The van der Waals surface area contributed by atoms with E-state index in [9.17, 15) is 9.59 Å². The molecule has 0 aliphatic carbocycles. The molecule has 140 valence electrons. The van der Waals surface area contributed by atoms with Crippen molar-refractivity contribution in [3.63, 3.8) is 0 Å². The molecule has 0 atom stereocenters. The monoisotopic (exact) mass is 413 g/mol. The van der Waals surface area contributed by atoms with Crippen LogP contribution >= 0.6 is 34.5 Å². The number of unbranched alkanes of at least 4 members (excludes halogenated alkanes) is 2. The topological polar surface area (TPSA) is 62.3 Å². The van der Waals surface area contributed by atoms with Crippen LogP contribution in [0.15, 0.2) is 23.6 Å². The van der Waals surface area contributed by atoms with Gasteiger partial charge < -0.3 is 10.2 Å². The average Bonchev–Trinajstić information content (AvgIpc) is 2.97. The quantitative estimate of drug-likeness (QED) is 0.617. The normalized spacial score (nSPS) is 10.6. The molecule has 0 unspecified atom stereocenters. The highest BCUT2D eigenvalue weighted by atomic mass is 35.5. The van der Waals surface area contributed by atoms with Crippen molar-refractivity contribution in [2.45, 2.75) is 33.1 Å². The number of aryl methyl sites for hydroxylation is 1. The summed E-state index contributed by atoms with van der Waals surface area (Å²) >= 11 is 13.4. The van der Waals surface area contributed by atoms with Crippen molar-refractivity contribution in [3.05, 3.63) is 44.9 Å². The summed E-state index contributed by atoms with van der Waals surface area (Å²) in [4.78, 5) is 30.9. The maximum Gasteiger partial charge on any atom is 0.254 e. The molecule has 0 spiro atoms. The van der Waals surface area contributed by atoms with Gasteiger partial charge in [0.15, 0.2) is 5.13 Å². The van der Waals surface area contributed by atoms with Gasteiger partial charge in [-0.05, 0) is 31.5 Å². The van der Waals surface area contributed by atoms with Crippen LogP contribution in [0.2, 0.25) is 10.0 Å². The van der Waals surface area contributed by atoms with Crippen molar-refractivity contribution in [1.82, 2.24) is 9.88 Å². The first-order valence-electron chi connectivity index (χ1n) is 8.36. The number of nitrogens with zero attached hydrogens (tertiary/aromatic N) is 2.